The highest BCUT2D eigenvalue weighted by Crippen LogP contribution is 2.20. The molecule has 0 spiro atoms. The fourth-order valence-corrected chi connectivity index (χ4v) is 2.57. The predicted molar refractivity (Wildman–Crippen MR) is 94.6 cm³/mol. The molecule has 0 radical (unpaired) electrons. The molecule has 0 aliphatic heterocycles. The molecule has 0 bridgehead atoms. The third-order valence-electron chi connectivity index (χ3n) is 3.67. The van der Waals surface area contributed by atoms with Gasteiger partial charge in [0.2, 0.25) is 0 Å². The Hall–Kier alpha value is -1.36. The first-order chi connectivity index (χ1) is 9.86. The molecular formula is C16H27N3OS. The van der Waals surface area contributed by atoms with Gasteiger partial charge in [-0.15, -0.1) is 0 Å². The Kier molecular flexibility index (Phi) is 6.89. The molecular weight excluding hydrogens is 282 g/mol. The van der Waals surface area contributed by atoms with Gasteiger partial charge < -0.3 is 15.1 Å². The number of nitrogens with one attached hydrogen (secondary N) is 1. The minimum absolute atomic E-state index is 0.0686. The summed E-state index contributed by atoms with van der Waals surface area (Å²) in [6, 6.07) is 8.50. The standard InChI is InChI=1S/C16H27N3OS/c1-12(2)18(4)15-9-7-8-14(10-15)17-16(20)19(5)13(3)11-21-6/h7-10,12-13H,11H2,1-6H3,(H,17,20). The number of amides is 2. The molecule has 0 saturated carbocycles. The Balaban J connectivity index is 2.75. The summed E-state index contributed by atoms with van der Waals surface area (Å²) in [7, 11) is 3.89. The number of rotatable bonds is 6. The van der Waals surface area contributed by atoms with E-state index in [0.717, 1.165) is 17.1 Å². The second-order valence-corrected chi connectivity index (χ2v) is 6.51. The summed E-state index contributed by atoms with van der Waals surface area (Å²) in [6.45, 7) is 6.34. The van der Waals surface area contributed by atoms with Crippen molar-refractivity contribution in [2.45, 2.75) is 32.9 Å². The smallest absolute Gasteiger partial charge is 0.321 e. The van der Waals surface area contributed by atoms with Gasteiger partial charge in [-0.3, -0.25) is 0 Å². The number of carbonyl (C=O) groups excluding carboxylic acids is 1. The molecule has 0 saturated heterocycles. The van der Waals surface area contributed by atoms with Crippen molar-refractivity contribution in [3.05, 3.63) is 24.3 Å². The number of anilines is 2. The average molecular weight is 309 g/mol. The van der Waals surface area contributed by atoms with Gasteiger partial charge in [0.05, 0.1) is 0 Å². The van der Waals surface area contributed by atoms with Crippen LogP contribution in [0.4, 0.5) is 16.2 Å². The van der Waals surface area contributed by atoms with Crippen LogP contribution in [0.15, 0.2) is 24.3 Å². The lowest BCUT2D eigenvalue weighted by Crippen LogP contribution is -2.39. The van der Waals surface area contributed by atoms with E-state index in [9.17, 15) is 4.79 Å². The summed E-state index contributed by atoms with van der Waals surface area (Å²) in [5, 5.41) is 2.97. The zero-order valence-corrected chi connectivity index (χ0v) is 14.7. The van der Waals surface area contributed by atoms with E-state index in [-0.39, 0.29) is 12.1 Å². The SMILES string of the molecule is CSCC(C)N(C)C(=O)Nc1cccc(N(C)C(C)C)c1. The van der Waals surface area contributed by atoms with E-state index in [4.69, 9.17) is 0 Å². The first-order valence-electron chi connectivity index (χ1n) is 7.22. The second kappa shape index (κ2) is 8.17. The molecule has 0 aromatic heterocycles. The summed E-state index contributed by atoms with van der Waals surface area (Å²) in [4.78, 5) is 16.2. The summed E-state index contributed by atoms with van der Waals surface area (Å²) in [6.07, 6.45) is 2.05. The van der Waals surface area contributed by atoms with Crippen molar-refractivity contribution in [2.75, 3.05) is 36.3 Å². The summed E-state index contributed by atoms with van der Waals surface area (Å²) in [5.41, 5.74) is 1.93. The molecule has 1 atom stereocenters. The summed E-state index contributed by atoms with van der Waals surface area (Å²) < 4.78 is 0. The maximum absolute atomic E-state index is 12.2. The van der Waals surface area contributed by atoms with E-state index < -0.39 is 0 Å². The molecule has 1 rings (SSSR count). The van der Waals surface area contributed by atoms with Gasteiger partial charge in [-0.05, 0) is 45.2 Å². The Morgan fingerprint density at radius 3 is 2.52 bits per heavy atom. The van der Waals surface area contributed by atoms with Crippen molar-refractivity contribution in [1.29, 1.82) is 0 Å². The normalized spacial score (nSPS) is 12.1. The Labute approximate surface area is 132 Å². The first kappa shape index (κ1) is 17.7. The van der Waals surface area contributed by atoms with Gasteiger partial charge in [0.15, 0.2) is 0 Å². The van der Waals surface area contributed by atoms with E-state index in [1.54, 1.807) is 16.7 Å². The van der Waals surface area contributed by atoms with Crippen molar-refractivity contribution in [1.82, 2.24) is 4.90 Å². The second-order valence-electron chi connectivity index (χ2n) is 5.60. The van der Waals surface area contributed by atoms with Crippen LogP contribution in [0.2, 0.25) is 0 Å². The molecule has 118 valence electrons. The van der Waals surface area contributed by atoms with Crippen LogP contribution in [0.1, 0.15) is 20.8 Å². The van der Waals surface area contributed by atoms with E-state index >= 15 is 0 Å². The molecule has 0 heterocycles. The van der Waals surface area contributed by atoms with Gasteiger partial charge in [0.1, 0.15) is 0 Å². The van der Waals surface area contributed by atoms with Gasteiger partial charge in [-0.25, -0.2) is 4.79 Å². The van der Waals surface area contributed by atoms with Crippen LogP contribution in [0, 0.1) is 0 Å². The summed E-state index contributed by atoms with van der Waals surface area (Å²) >= 11 is 1.74. The number of urea groups is 1. The number of carbonyl (C=O) groups is 1. The Bertz CT molecular complexity index is 465. The van der Waals surface area contributed by atoms with Crippen molar-refractivity contribution < 1.29 is 4.79 Å². The van der Waals surface area contributed by atoms with Gasteiger partial charge in [0, 0.05) is 43.3 Å². The zero-order valence-electron chi connectivity index (χ0n) is 13.9. The van der Waals surface area contributed by atoms with E-state index in [2.05, 4.69) is 44.1 Å². The minimum Gasteiger partial charge on any atom is -0.372 e. The monoisotopic (exact) mass is 309 g/mol. The quantitative estimate of drug-likeness (QED) is 0.869. The Morgan fingerprint density at radius 2 is 1.95 bits per heavy atom. The predicted octanol–water partition coefficient (Wildman–Crippen LogP) is 3.75. The molecule has 1 aromatic rings. The zero-order chi connectivity index (χ0) is 16.0. The average Bonchev–Trinajstić information content (AvgIpc) is 2.45. The highest BCUT2D eigenvalue weighted by Gasteiger charge is 2.15. The van der Waals surface area contributed by atoms with Gasteiger partial charge in [0.25, 0.3) is 0 Å². The van der Waals surface area contributed by atoms with E-state index in [0.29, 0.717) is 6.04 Å². The number of thioether (sulfide) groups is 1. The van der Waals surface area contributed by atoms with Crippen molar-refractivity contribution in [3.63, 3.8) is 0 Å². The van der Waals surface area contributed by atoms with E-state index in [1.807, 2.05) is 31.5 Å². The number of benzene rings is 1. The van der Waals surface area contributed by atoms with Crippen LogP contribution < -0.4 is 10.2 Å². The highest BCUT2D eigenvalue weighted by atomic mass is 32.2. The molecule has 5 heteroatoms. The molecule has 4 nitrogen and oxygen atoms in total. The van der Waals surface area contributed by atoms with Crippen LogP contribution in [-0.2, 0) is 0 Å². The van der Waals surface area contributed by atoms with Crippen LogP contribution in [0.5, 0.6) is 0 Å². The Morgan fingerprint density at radius 1 is 1.29 bits per heavy atom. The molecule has 21 heavy (non-hydrogen) atoms. The number of hydrogen-bond acceptors (Lipinski definition) is 3. The maximum atomic E-state index is 12.2. The van der Waals surface area contributed by atoms with Crippen LogP contribution >= 0.6 is 11.8 Å². The lowest BCUT2D eigenvalue weighted by atomic mass is 10.2. The van der Waals surface area contributed by atoms with Gasteiger partial charge >= 0.3 is 6.03 Å². The molecule has 0 aliphatic carbocycles. The minimum atomic E-state index is -0.0686. The fraction of sp³-hybridized carbons (Fsp3) is 0.562. The molecule has 1 unspecified atom stereocenters. The molecule has 1 aromatic carbocycles. The molecule has 0 fully saturated rings. The van der Waals surface area contributed by atoms with E-state index in [1.165, 1.54) is 0 Å². The van der Waals surface area contributed by atoms with Gasteiger partial charge in [-0.2, -0.15) is 11.8 Å². The topological polar surface area (TPSA) is 35.6 Å². The molecule has 1 N–H and O–H groups in total. The maximum Gasteiger partial charge on any atom is 0.321 e. The van der Waals surface area contributed by atoms with Crippen LogP contribution in [0.3, 0.4) is 0 Å². The molecule has 0 aliphatic rings. The van der Waals surface area contributed by atoms with Crippen molar-refractivity contribution in [3.8, 4) is 0 Å². The number of hydrogen-bond donors (Lipinski definition) is 1. The third-order valence-corrected chi connectivity index (χ3v) is 4.48. The lowest BCUT2D eigenvalue weighted by Gasteiger charge is -2.26. The molecule has 2 amide bonds. The first-order valence-corrected chi connectivity index (χ1v) is 8.61. The third kappa shape index (κ3) is 5.16. The lowest BCUT2D eigenvalue weighted by molar-refractivity contribution is 0.212. The fourth-order valence-electron chi connectivity index (χ4n) is 1.87. The summed E-state index contributed by atoms with van der Waals surface area (Å²) in [5.74, 6) is 0.931. The van der Waals surface area contributed by atoms with Crippen LogP contribution in [0.25, 0.3) is 0 Å². The largest absolute Gasteiger partial charge is 0.372 e. The van der Waals surface area contributed by atoms with Crippen molar-refractivity contribution in [2.24, 2.45) is 0 Å². The van der Waals surface area contributed by atoms with Crippen molar-refractivity contribution >= 4 is 29.2 Å². The highest BCUT2D eigenvalue weighted by molar-refractivity contribution is 7.98. The van der Waals surface area contributed by atoms with Crippen LogP contribution in [-0.4, -0.2) is 49.1 Å². The number of nitrogens with zero attached hydrogens (tertiary/aromatic N) is 2. The van der Waals surface area contributed by atoms with Gasteiger partial charge in [-0.1, -0.05) is 6.07 Å².